The van der Waals surface area contributed by atoms with Gasteiger partial charge in [0.1, 0.15) is 24.2 Å². The van der Waals surface area contributed by atoms with Crippen LogP contribution >= 0.6 is 0 Å². The molecule has 13 nitrogen and oxygen atoms in total. The van der Waals surface area contributed by atoms with Gasteiger partial charge in [-0.1, -0.05) is 39.5 Å². The number of ether oxygens (including phenoxy) is 2. The van der Waals surface area contributed by atoms with Crippen LogP contribution in [0.2, 0.25) is 0 Å². The second-order valence-corrected chi connectivity index (χ2v) is 10.8. The molecule has 6 atom stereocenters. The van der Waals surface area contributed by atoms with Gasteiger partial charge in [0.05, 0.1) is 20.3 Å². The number of aliphatic hydroxyl groups is 1. The molecular weight excluding hydrogens is 548 g/mol. The summed E-state index contributed by atoms with van der Waals surface area (Å²) in [5.41, 5.74) is 0. The highest BCUT2D eigenvalue weighted by molar-refractivity contribution is 5.91. The average Bonchev–Trinajstić information content (AvgIpc) is 2.95. The molecule has 0 radical (unpaired) electrons. The van der Waals surface area contributed by atoms with E-state index >= 15 is 0 Å². The Balaban J connectivity index is 5.35. The lowest BCUT2D eigenvalue weighted by molar-refractivity contribution is -0.145. The summed E-state index contributed by atoms with van der Waals surface area (Å²) in [5.74, 6) is -4.35. The maximum Gasteiger partial charge on any atom is 0.328 e. The highest BCUT2D eigenvalue weighted by Gasteiger charge is 2.30. The second-order valence-electron chi connectivity index (χ2n) is 10.8. The van der Waals surface area contributed by atoms with Crippen LogP contribution in [0.25, 0.3) is 0 Å². The van der Waals surface area contributed by atoms with Gasteiger partial charge >= 0.3 is 11.9 Å². The molecule has 0 aromatic heterocycles. The average molecular weight is 601 g/mol. The predicted octanol–water partition coefficient (Wildman–Crippen LogP) is 1.11. The molecule has 0 aromatic carbocycles. The molecule has 5 N–H and O–H groups in total. The van der Waals surface area contributed by atoms with E-state index in [9.17, 15) is 33.9 Å². The Bertz CT molecular complexity index is 828. The molecule has 0 heterocycles. The van der Waals surface area contributed by atoms with Gasteiger partial charge in [0.2, 0.25) is 23.6 Å². The van der Waals surface area contributed by atoms with Crippen LogP contribution in [-0.2, 0) is 38.2 Å². The van der Waals surface area contributed by atoms with Crippen molar-refractivity contribution >= 4 is 35.6 Å². The van der Waals surface area contributed by atoms with Gasteiger partial charge in [0, 0.05) is 11.8 Å². The van der Waals surface area contributed by atoms with E-state index < -0.39 is 77.7 Å². The van der Waals surface area contributed by atoms with Crippen LogP contribution in [0, 0.1) is 11.8 Å². The van der Waals surface area contributed by atoms with Crippen molar-refractivity contribution in [1.82, 2.24) is 21.3 Å². The van der Waals surface area contributed by atoms with E-state index in [1.807, 2.05) is 13.8 Å². The minimum Gasteiger partial charge on any atom is -0.467 e. The molecule has 0 fully saturated rings. The van der Waals surface area contributed by atoms with E-state index in [4.69, 9.17) is 0 Å². The van der Waals surface area contributed by atoms with Crippen LogP contribution < -0.4 is 21.3 Å². The van der Waals surface area contributed by atoms with Crippen molar-refractivity contribution in [2.75, 3.05) is 14.2 Å². The van der Waals surface area contributed by atoms with Crippen molar-refractivity contribution < 1.29 is 43.3 Å². The van der Waals surface area contributed by atoms with Gasteiger partial charge in [-0.15, -0.1) is 0 Å². The molecule has 0 aromatic rings. The van der Waals surface area contributed by atoms with Crippen LogP contribution in [0.4, 0.5) is 0 Å². The van der Waals surface area contributed by atoms with Crippen molar-refractivity contribution in [3.05, 3.63) is 0 Å². The molecule has 42 heavy (non-hydrogen) atoms. The topological polar surface area (TPSA) is 189 Å². The number of hydrogen-bond donors (Lipinski definition) is 5. The van der Waals surface area contributed by atoms with E-state index in [0.717, 1.165) is 25.7 Å². The van der Waals surface area contributed by atoms with Crippen molar-refractivity contribution in [3.63, 3.8) is 0 Å². The standard InChI is InChI=1S/C29H52N4O9/c1-9-11-13-21(26(37)30-17(3)24(35)32-19(5)28(39)41-7)15-23(34)16-22(14-12-10-2)27(38)31-18(4)25(36)33-20(6)29(40)42-8/h17-23,34H,9-16H2,1-8H3,(H,30,37)(H,31,38)(H,32,35)(H,33,36)/t17-,18-,19-,20-,21+,22+/m0/s1. The Morgan fingerprint density at radius 3 is 1.17 bits per heavy atom. The third-order valence-electron chi connectivity index (χ3n) is 7.00. The van der Waals surface area contributed by atoms with E-state index in [2.05, 4.69) is 30.7 Å². The number of rotatable bonds is 20. The molecule has 0 rings (SSSR count). The molecule has 0 saturated heterocycles. The lowest BCUT2D eigenvalue weighted by Gasteiger charge is -2.26. The molecule has 0 bridgehead atoms. The minimum absolute atomic E-state index is 0.0846. The molecule has 242 valence electrons. The lowest BCUT2D eigenvalue weighted by Crippen LogP contribution is -2.51. The minimum atomic E-state index is -0.989. The fraction of sp³-hybridized carbons (Fsp3) is 0.793. The highest BCUT2D eigenvalue weighted by atomic mass is 16.5. The molecule has 0 aliphatic heterocycles. The molecule has 0 unspecified atom stereocenters. The fourth-order valence-corrected chi connectivity index (χ4v) is 4.31. The normalized spacial score (nSPS) is 15.3. The van der Waals surface area contributed by atoms with Crippen molar-refractivity contribution in [2.45, 2.75) is 123 Å². The summed E-state index contributed by atoms with van der Waals surface area (Å²) in [7, 11) is 2.42. The number of aliphatic hydroxyl groups excluding tert-OH is 1. The van der Waals surface area contributed by atoms with Gasteiger partial charge in [-0.3, -0.25) is 19.2 Å². The number of carbonyl (C=O) groups excluding carboxylic acids is 6. The summed E-state index contributed by atoms with van der Waals surface area (Å²) < 4.78 is 9.20. The first kappa shape index (κ1) is 38.8. The molecule has 0 saturated carbocycles. The number of amides is 4. The van der Waals surface area contributed by atoms with Gasteiger partial charge in [0.15, 0.2) is 0 Å². The zero-order valence-electron chi connectivity index (χ0n) is 26.4. The Morgan fingerprint density at radius 2 is 0.881 bits per heavy atom. The third kappa shape index (κ3) is 14.6. The van der Waals surface area contributed by atoms with Gasteiger partial charge in [-0.25, -0.2) is 9.59 Å². The van der Waals surface area contributed by atoms with Crippen molar-refractivity contribution in [1.29, 1.82) is 0 Å². The SMILES string of the molecule is CCCC[C@H](CC(O)C[C@@H](CCCC)C(=O)N[C@@H](C)C(=O)N[C@@H](C)C(=O)OC)C(=O)N[C@@H](C)C(=O)N[C@@H](C)C(=O)OC. The molecular formula is C29H52N4O9. The lowest BCUT2D eigenvalue weighted by atomic mass is 9.88. The maximum atomic E-state index is 13.1. The first-order chi connectivity index (χ1) is 19.7. The van der Waals surface area contributed by atoms with Crippen LogP contribution in [0.3, 0.4) is 0 Å². The Morgan fingerprint density at radius 1 is 0.571 bits per heavy atom. The van der Waals surface area contributed by atoms with E-state index in [1.165, 1.54) is 41.9 Å². The number of nitrogens with one attached hydrogen (secondary N) is 4. The monoisotopic (exact) mass is 600 g/mol. The van der Waals surface area contributed by atoms with E-state index in [1.54, 1.807) is 0 Å². The summed E-state index contributed by atoms with van der Waals surface area (Å²) in [6.45, 7) is 9.89. The smallest absolute Gasteiger partial charge is 0.328 e. The quantitative estimate of drug-likeness (QED) is 0.127. The van der Waals surface area contributed by atoms with Crippen LogP contribution in [0.15, 0.2) is 0 Å². The molecule has 0 spiro atoms. The zero-order chi connectivity index (χ0) is 32.4. The maximum absolute atomic E-state index is 13.1. The summed E-state index contributed by atoms with van der Waals surface area (Å²) in [5, 5.41) is 21.3. The molecule has 0 aliphatic rings. The van der Waals surface area contributed by atoms with Crippen LogP contribution in [0.1, 0.15) is 92.9 Å². The summed E-state index contributed by atoms with van der Waals surface area (Å²) in [6, 6.07) is -3.61. The third-order valence-corrected chi connectivity index (χ3v) is 7.00. The summed E-state index contributed by atoms with van der Waals surface area (Å²) in [4.78, 5) is 74.3. The van der Waals surface area contributed by atoms with Crippen LogP contribution in [0.5, 0.6) is 0 Å². The van der Waals surface area contributed by atoms with E-state index in [-0.39, 0.29) is 12.8 Å². The molecule has 4 amide bonds. The molecule has 0 aliphatic carbocycles. The van der Waals surface area contributed by atoms with Crippen molar-refractivity contribution in [2.24, 2.45) is 11.8 Å². The number of methoxy groups -OCH3 is 2. The summed E-state index contributed by atoms with van der Waals surface area (Å²) in [6.07, 6.45) is 3.23. The van der Waals surface area contributed by atoms with Crippen molar-refractivity contribution in [3.8, 4) is 0 Å². The summed E-state index contributed by atoms with van der Waals surface area (Å²) >= 11 is 0. The Hall–Kier alpha value is -3.22. The Kier molecular flexibility index (Phi) is 19.0. The van der Waals surface area contributed by atoms with Gasteiger partial charge in [-0.2, -0.15) is 0 Å². The second kappa shape index (κ2) is 20.6. The highest BCUT2D eigenvalue weighted by Crippen LogP contribution is 2.23. The van der Waals surface area contributed by atoms with Gasteiger partial charge in [-0.05, 0) is 53.4 Å². The Labute approximate surface area is 249 Å². The number of esters is 2. The zero-order valence-corrected chi connectivity index (χ0v) is 26.4. The molecule has 13 heteroatoms. The first-order valence-corrected chi connectivity index (χ1v) is 14.8. The fourth-order valence-electron chi connectivity index (χ4n) is 4.31. The number of hydrogen-bond acceptors (Lipinski definition) is 9. The predicted molar refractivity (Wildman–Crippen MR) is 156 cm³/mol. The number of carbonyl (C=O) groups is 6. The van der Waals surface area contributed by atoms with Gasteiger partial charge in [0.25, 0.3) is 0 Å². The van der Waals surface area contributed by atoms with E-state index in [0.29, 0.717) is 12.8 Å². The van der Waals surface area contributed by atoms with Gasteiger partial charge < -0.3 is 35.8 Å². The number of unbranched alkanes of at least 4 members (excludes halogenated alkanes) is 2. The largest absolute Gasteiger partial charge is 0.467 e. The van der Waals surface area contributed by atoms with Crippen LogP contribution in [-0.4, -0.2) is 85.2 Å². The first-order valence-electron chi connectivity index (χ1n) is 14.8.